The Morgan fingerprint density at radius 2 is 1.88 bits per heavy atom. The van der Waals surface area contributed by atoms with Crippen molar-refractivity contribution in [2.24, 2.45) is 0 Å². The predicted molar refractivity (Wildman–Crippen MR) is 136 cm³/mol. The van der Waals surface area contributed by atoms with E-state index >= 15 is 0 Å². The first-order valence-corrected chi connectivity index (χ1v) is 12.3. The number of hydrogen-bond donors (Lipinski definition) is 1. The largest absolute Gasteiger partial charge is 0.478 e. The second kappa shape index (κ2) is 9.59. The lowest BCUT2D eigenvalue weighted by Gasteiger charge is -2.35. The smallest absolute Gasteiger partial charge is 0.336 e. The van der Waals surface area contributed by atoms with Crippen molar-refractivity contribution in [2.45, 2.75) is 50.5 Å². The Labute approximate surface area is 202 Å². The van der Waals surface area contributed by atoms with Gasteiger partial charge in [0.25, 0.3) is 0 Å². The number of pyridine rings is 1. The molecule has 1 saturated carbocycles. The number of aromatic carboxylic acids is 1. The number of aryl methyl sites for hydroxylation is 1. The first-order chi connectivity index (χ1) is 16.5. The van der Waals surface area contributed by atoms with Gasteiger partial charge in [0.15, 0.2) is 0 Å². The van der Waals surface area contributed by atoms with Gasteiger partial charge in [0.1, 0.15) is 0 Å². The van der Waals surface area contributed by atoms with Crippen molar-refractivity contribution >= 4 is 17.3 Å². The van der Waals surface area contributed by atoms with Crippen LogP contribution in [0.5, 0.6) is 0 Å². The maximum atomic E-state index is 11.6. The lowest BCUT2D eigenvalue weighted by Crippen LogP contribution is -2.32. The number of carbonyl (C=O) groups is 1. The number of carboxylic acid groups (broad SMARTS) is 1. The van der Waals surface area contributed by atoms with E-state index < -0.39 is 5.97 Å². The van der Waals surface area contributed by atoms with Gasteiger partial charge in [-0.05, 0) is 97.7 Å². The van der Waals surface area contributed by atoms with Crippen LogP contribution in [0.4, 0.5) is 11.4 Å². The van der Waals surface area contributed by atoms with Crippen LogP contribution >= 0.6 is 0 Å². The fourth-order valence-electron chi connectivity index (χ4n) is 5.40. The molecule has 34 heavy (non-hydrogen) atoms. The highest BCUT2D eigenvalue weighted by atomic mass is 16.4. The topological polar surface area (TPSA) is 56.7 Å². The fourth-order valence-corrected chi connectivity index (χ4v) is 5.40. The lowest BCUT2D eigenvalue weighted by molar-refractivity contribution is 0.0695. The van der Waals surface area contributed by atoms with Crippen molar-refractivity contribution in [1.29, 1.82) is 0 Å². The monoisotopic (exact) mass is 455 g/mol. The van der Waals surface area contributed by atoms with E-state index in [0.717, 1.165) is 30.9 Å². The first kappa shape index (κ1) is 22.6. The number of nitrogens with zero attached hydrogens (tertiary/aromatic N) is 3. The lowest BCUT2D eigenvalue weighted by atomic mass is 9.80. The van der Waals surface area contributed by atoms with E-state index in [0.29, 0.717) is 12.0 Å². The molecule has 5 heteroatoms. The molecule has 2 aliphatic rings. The Bertz CT molecular complexity index is 1170. The maximum absolute atomic E-state index is 11.6. The van der Waals surface area contributed by atoms with E-state index in [2.05, 4.69) is 71.3 Å². The van der Waals surface area contributed by atoms with Crippen LogP contribution in [-0.2, 0) is 12.8 Å². The molecular formula is C29H33N3O2. The number of likely N-dealkylation sites (N-methyl/N-ethyl adjacent to an activating group) is 1. The summed E-state index contributed by atoms with van der Waals surface area (Å²) in [5, 5.41) is 9.50. The van der Waals surface area contributed by atoms with Gasteiger partial charge in [0.2, 0.25) is 0 Å². The molecule has 2 heterocycles. The standard InChI is InChI=1S/C29H33N3O2/c1-31-17-15-22-18-25(32(2)24-9-6-21(7-10-24)20-4-3-5-20)11-12-26(22)28(31)13-8-23-19-30-16-14-27(23)29(33)34/h6-7,9-12,14,16,18-20,28H,3-5,8,13,15,17H2,1-2H3,(H,33,34)/t28-/m1/s1. The van der Waals surface area contributed by atoms with Crippen molar-refractivity contribution in [1.82, 2.24) is 9.88 Å². The van der Waals surface area contributed by atoms with Crippen molar-refractivity contribution in [3.63, 3.8) is 0 Å². The Morgan fingerprint density at radius 1 is 1.12 bits per heavy atom. The molecular weight excluding hydrogens is 422 g/mol. The molecule has 3 aromatic rings. The zero-order valence-corrected chi connectivity index (χ0v) is 20.1. The van der Waals surface area contributed by atoms with Gasteiger partial charge in [0.05, 0.1) is 5.56 Å². The normalized spacial score (nSPS) is 18.2. The van der Waals surface area contributed by atoms with E-state index in [1.54, 1.807) is 18.5 Å². The van der Waals surface area contributed by atoms with E-state index in [1.807, 2.05) is 0 Å². The van der Waals surface area contributed by atoms with E-state index in [4.69, 9.17) is 0 Å². The Morgan fingerprint density at radius 3 is 2.59 bits per heavy atom. The molecule has 0 saturated heterocycles. The summed E-state index contributed by atoms with van der Waals surface area (Å²) < 4.78 is 0. The molecule has 0 spiro atoms. The zero-order chi connectivity index (χ0) is 23.7. The third kappa shape index (κ3) is 4.45. The summed E-state index contributed by atoms with van der Waals surface area (Å²) in [6.07, 6.45) is 9.85. The van der Waals surface area contributed by atoms with Crippen LogP contribution in [0, 0.1) is 0 Å². The van der Waals surface area contributed by atoms with Crippen molar-refractivity contribution in [3.8, 4) is 0 Å². The van der Waals surface area contributed by atoms with Gasteiger partial charge in [-0.25, -0.2) is 4.79 Å². The van der Waals surface area contributed by atoms with Crippen LogP contribution in [0.25, 0.3) is 0 Å². The summed E-state index contributed by atoms with van der Waals surface area (Å²) in [7, 11) is 4.31. The molecule has 1 fully saturated rings. The van der Waals surface area contributed by atoms with Crippen LogP contribution in [0.1, 0.15) is 70.3 Å². The van der Waals surface area contributed by atoms with Crippen LogP contribution in [-0.4, -0.2) is 41.6 Å². The van der Waals surface area contributed by atoms with Gasteiger partial charge in [0, 0.05) is 43.4 Å². The molecule has 5 rings (SSSR count). The number of hydrogen-bond acceptors (Lipinski definition) is 4. The summed E-state index contributed by atoms with van der Waals surface area (Å²) >= 11 is 0. The highest BCUT2D eigenvalue weighted by molar-refractivity contribution is 5.89. The summed E-state index contributed by atoms with van der Waals surface area (Å²) in [5.41, 5.74) is 7.80. The highest BCUT2D eigenvalue weighted by Gasteiger charge is 2.26. The number of anilines is 2. The predicted octanol–water partition coefficient (Wildman–Crippen LogP) is 5.98. The average Bonchev–Trinajstić information content (AvgIpc) is 2.82. The Balaban J connectivity index is 1.33. The van der Waals surface area contributed by atoms with Crippen LogP contribution in [0.15, 0.2) is 60.9 Å². The van der Waals surface area contributed by atoms with Gasteiger partial charge < -0.3 is 10.0 Å². The Hall–Kier alpha value is -3.18. The SMILES string of the molecule is CN(c1ccc(C2CCC2)cc1)c1ccc2c(c1)CCN(C)[C@@H]2CCc1cnccc1C(=O)O. The van der Waals surface area contributed by atoms with E-state index in [9.17, 15) is 9.90 Å². The number of rotatable bonds is 7. The third-order valence-corrected chi connectivity index (χ3v) is 7.82. The molecule has 0 radical (unpaired) electrons. The van der Waals surface area contributed by atoms with Gasteiger partial charge in [-0.2, -0.15) is 0 Å². The summed E-state index contributed by atoms with van der Waals surface area (Å²) in [5.74, 6) is -0.126. The maximum Gasteiger partial charge on any atom is 0.336 e. The second-order valence-corrected chi connectivity index (χ2v) is 9.78. The summed E-state index contributed by atoms with van der Waals surface area (Å²) in [6.45, 7) is 1.000. The highest BCUT2D eigenvalue weighted by Crippen LogP contribution is 2.38. The Kier molecular flexibility index (Phi) is 6.38. The fraction of sp³-hybridized carbons (Fsp3) is 0.379. The van der Waals surface area contributed by atoms with Gasteiger partial charge in [-0.1, -0.05) is 24.6 Å². The molecule has 1 aliphatic heterocycles. The minimum atomic E-state index is -0.886. The van der Waals surface area contributed by atoms with Crippen molar-refractivity contribution in [2.75, 3.05) is 25.5 Å². The molecule has 176 valence electrons. The number of benzene rings is 2. The molecule has 1 N–H and O–H groups in total. The quantitative estimate of drug-likeness (QED) is 0.475. The third-order valence-electron chi connectivity index (χ3n) is 7.82. The summed E-state index contributed by atoms with van der Waals surface area (Å²) in [4.78, 5) is 20.4. The zero-order valence-electron chi connectivity index (χ0n) is 20.1. The van der Waals surface area contributed by atoms with Crippen LogP contribution in [0.3, 0.4) is 0 Å². The molecule has 1 atom stereocenters. The number of fused-ring (bicyclic) bond motifs is 1. The van der Waals surface area contributed by atoms with Gasteiger partial charge in [-0.3, -0.25) is 9.88 Å². The number of carboxylic acids is 1. The van der Waals surface area contributed by atoms with Gasteiger partial charge >= 0.3 is 5.97 Å². The molecule has 1 aromatic heterocycles. The summed E-state index contributed by atoms with van der Waals surface area (Å²) in [6, 6.07) is 17.8. The molecule has 0 unspecified atom stereocenters. The van der Waals surface area contributed by atoms with E-state index in [-0.39, 0.29) is 6.04 Å². The van der Waals surface area contributed by atoms with Gasteiger partial charge in [-0.15, -0.1) is 0 Å². The average molecular weight is 456 g/mol. The molecule has 2 aromatic carbocycles. The minimum Gasteiger partial charge on any atom is -0.478 e. The molecule has 0 amide bonds. The molecule has 0 bridgehead atoms. The number of aromatic nitrogens is 1. The van der Waals surface area contributed by atoms with Crippen molar-refractivity contribution < 1.29 is 9.90 Å². The first-order valence-electron chi connectivity index (χ1n) is 12.3. The van der Waals surface area contributed by atoms with Crippen molar-refractivity contribution in [3.05, 3.63) is 88.7 Å². The van der Waals surface area contributed by atoms with Crippen LogP contribution < -0.4 is 4.90 Å². The van der Waals surface area contributed by atoms with Crippen LogP contribution in [0.2, 0.25) is 0 Å². The molecule has 5 nitrogen and oxygen atoms in total. The molecule has 1 aliphatic carbocycles. The van der Waals surface area contributed by atoms with E-state index in [1.165, 1.54) is 47.3 Å². The minimum absolute atomic E-state index is 0.270. The second-order valence-electron chi connectivity index (χ2n) is 9.78.